The molecule has 0 saturated heterocycles. The Hall–Kier alpha value is -2.35. The topological polar surface area (TPSA) is 57.0 Å². The van der Waals surface area contributed by atoms with Crippen molar-refractivity contribution in [2.45, 2.75) is 25.8 Å². The van der Waals surface area contributed by atoms with Crippen LogP contribution in [-0.2, 0) is 4.79 Å². The first-order valence-corrected chi connectivity index (χ1v) is 8.98. The zero-order valence-electron chi connectivity index (χ0n) is 14.6. The van der Waals surface area contributed by atoms with E-state index >= 15 is 0 Å². The lowest BCUT2D eigenvalue weighted by molar-refractivity contribution is -0.127. The molecule has 0 fully saturated rings. The molecule has 0 aliphatic heterocycles. The van der Waals surface area contributed by atoms with Gasteiger partial charge in [0.05, 0.1) is 16.1 Å². The van der Waals surface area contributed by atoms with Gasteiger partial charge in [0.25, 0.3) is 5.91 Å². The van der Waals surface area contributed by atoms with Crippen LogP contribution in [0.3, 0.4) is 0 Å². The van der Waals surface area contributed by atoms with E-state index in [9.17, 15) is 10.1 Å². The van der Waals surface area contributed by atoms with Gasteiger partial charge in [-0.15, -0.1) is 0 Å². The normalized spacial score (nSPS) is 12.3. The number of halogens is 2. The second kappa shape index (κ2) is 9.38. The van der Waals surface area contributed by atoms with Crippen molar-refractivity contribution in [3.8, 4) is 6.07 Å². The Balaban J connectivity index is 2.37. The van der Waals surface area contributed by atoms with E-state index < -0.39 is 0 Å². The Bertz CT molecular complexity index is 824. The highest BCUT2D eigenvalue weighted by Crippen LogP contribution is 2.28. The molecule has 2 rings (SSSR count). The SMILES string of the molecule is CCCC(c1ccccc1)N(C)C(=O)/C(C#N)=C/c1c(Cl)cncc1Cl. The van der Waals surface area contributed by atoms with Gasteiger partial charge in [-0.25, -0.2) is 0 Å². The van der Waals surface area contributed by atoms with Crippen LogP contribution in [0.25, 0.3) is 6.08 Å². The maximum atomic E-state index is 12.9. The van der Waals surface area contributed by atoms with Crippen LogP contribution in [0.2, 0.25) is 10.0 Å². The van der Waals surface area contributed by atoms with E-state index in [4.69, 9.17) is 23.2 Å². The highest BCUT2D eigenvalue weighted by atomic mass is 35.5. The predicted molar refractivity (Wildman–Crippen MR) is 105 cm³/mol. The molecular formula is C20H19Cl2N3O. The highest BCUT2D eigenvalue weighted by Gasteiger charge is 2.24. The van der Waals surface area contributed by atoms with Crippen molar-refractivity contribution in [1.29, 1.82) is 5.26 Å². The molecule has 134 valence electrons. The molecule has 0 N–H and O–H groups in total. The van der Waals surface area contributed by atoms with Gasteiger partial charge in [0.1, 0.15) is 11.6 Å². The average molecular weight is 388 g/mol. The smallest absolute Gasteiger partial charge is 0.264 e. The molecule has 6 heteroatoms. The third kappa shape index (κ3) is 4.63. The van der Waals surface area contributed by atoms with E-state index in [1.54, 1.807) is 11.9 Å². The van der Waals surface area contributed by atoms with Crippen molar-refractivity contribution in [3.63, 3.8) is 0 Å². The molecule has 1 heterocycles. The van der Waals surface area contributed by atoms with Gasteiger partial charge in [0, 0.05) is 25.0 Å². The Labute approximate surface area is 163 Å². The fourth-order valence-corrected chi connectivity index (χ4v) is 3.18. The summed E-state index contributed by atoms with van der Waals surface area (Å²) >= 11 is 12.2. The number of hydrogen-bond acceptors (Lipinski definition) is 3. The number of nitriles is 1. The van der Waals surface area contributed by atoms with Crippen molar-refractivity contribution in [3.05, 3.63) is 69.5 Å². The Morgan fingerprint density at radius 3 is 2.42 bits per heavy atom. The third-order valence-corrected chi connectivity index (χ3v) is 4.67. The van der Waals surface area contributed by atoms with E-state index in [1.807, 2.05) is 36.4 Å². The lowest BCUT2D eigenvalue weighted by atomic mass is 10.00. The van der Waals surface area contributed by atoms with Gasteiger partial charge in [-0.2, -0.15) is 5.26 Å². The number of nitrogens with zero attached hydrogens (tertiary/aromatic N) is 3. The zero-order valence-corrected chi connectivity index (χ0v) is 16.1. The van der Waals surface area contributed by atoms with Crippen molar-refractivity contribution >= 4 is 35.2 Å². The highest BCUT2D eigenvalue weighted by molar-refractivity contribution is 6.37. The van der Waals surface area contributed by atoms with Crippen LogP contribution >= 0.6 is 23.2 Å². The van der Waals surface area contributed by atoms with E-state index in [0.29, 0.717) is 5.56 Å². The van der Waals surface area contributed by atoms with Crippen LogP contribution < -0.4 is 0 Å². The zero-order chi connectivity index (χ0) is 19.1. The van der Waals surface area contributed by atoms with Crippen molar-refractivity contribution in [2.75, 3.05) is 7.05 Å². The molecular weight excluding hydrogens is 369 g/mol. The average Bonchev–Trinajstić information content (AvgIpc) is 2.65. The third-order valence-electron chi connectivity index (χ3n) is 4.06. The maximum absolute atomic E-state index is 12.9. The molecule has 1 amide bonds. The minimum atomic E-state index is -0.376. The summed E-state index contributed by atoms with van der Waals surface area (Å²) < 4.78 is 0. The first kappa shape index (κ1) is 20.0. The van der Waals surface area contributed by atoms with Gasteiger partial charge < -0.3 is 4.90 Å². The number of hydrogen-bond donors (Lipinski definition) is 0. The van der Waals surface area contributed by atoms with Crippen molar-refractivity contribution in [1.82, 2.24) is 9.88 Å². The van der Waals surface area contributed by atoms with Gasteiger partial charge in [0.2, 0.25) is 0 Å². The molecule has 1 unspecified atom stereocenters. The predicted octanol–water partition coefficient (Wildman–Crippen LogP) is 5.30. The minimum absolute atomic E-state index is 0.0282. The second-order valence-electron chi connectivity index (χ2n) is 5.82. The molecule has 1 aromatic carbocycles. The first-order chi connectivity index (χ1) is 12.5. The maximum Gasteiger partial charge on any atom is 0.264 e. The van der Waals surface area contributed by atoms with E-state index in [1.165, 1.54) is 18.5 Å². The number of carbonyl (C=O) groups excluding carboxylic acids is 1. The fourth-order valence-electron chi connectivity index (χ4n) is 2.71. The Morgan fingerprint density at radius 2 is 1.88 bits per heavy atom. The number of amides is 1. The second-order valence-corrected chi connectivity index (χ2v) is 6.63. The summed E-state index contributed by atoms with van der Waals surface area (Å²) in [7, 11) is 1.70. The molecule has 0 saturated carbocycles. The fraction of sp³-hybridized carbons (Fsp3) is 0.250. The quantitative estimate of drug-likeness (QED) is 0.499. The lowest BCUT2D eigenvalue weighted by Gasteiger charge is -2.28. The molecule has 2 aromatic rings. The number of carbonyl (C=O) groups is 1. The monoisotopic (exact) mass is 387 g/mol. The van der Waals surface area contributed by atoms with E-state index in [0.717, 1.165) is 18.4 Å². The van der Waals surface area contributed by atoms with Crippen LogP contribution in [0.5, 0.6) is 0 Å². The summed E-state index contributed by atoms with van der Waals surface area (Å²) in [5.74, 6) is -0.376. The number of likely N-dealkylation sites (N-methyl/N-ethyl adjacent to an activating group) is 1. The minimum Gasteiger partial charge on any atom is -0.334 e. The van der Waals surface area contributed by atoms with Gasteiger partial charge in [-0.05, 0) is 18.1 Å². The molecule has 1 aromatic heterocycles. The summed E-state index contributed by atoms with van der Waals surface area (Å²) in [6.07, 6.45) is 5.96. The summed E-state index contributed by atoms with van der Waals surface area (Å²) in [4.78, 5) is 18.4. The summed E-state index contributed by atoms with van der Waals surface area (Å²) in [5.41, 5.74) is 1.41. The Kier molecular flexibility index (Phi) is 7.20. The number of aromatic nitrogens is 1. The van der Waals surface area contributed by atoms with Crippen LogP contribution in [0.1, 0.15) is 36.9 Å². The van der Waals surface area contributed by atoms with Gasteiger partial charge in [0.15, 0.2) is 0 Å². The van der Waals surface area contributed by atoms with Gasteiger partial charge >= 0.3 is 0 Å². The van der Waals surface area contributed by atoms with Crippen LogP contribution in [0, 0.1) is 11.3 Å². The summed E-state index contributed by atoms with van der Waals surface area (Å²) in [6.45, 7) is 2.06. The van der Waals surface area contributed by atoms with Crippen molar-refractivity contribution in [2.24, 2.45) is 0 Å². The van der Waals surface area contributed by atoms with Gasteiger partial charge in [-0.3, -0.25) is 9.78 Å². The molecule has 0 radical (unpaired) electrons. The Morgan fingerprint density at radius 1 is 1.27 bits per heavy atom. The van der Waals surface area contributed by atoms with Crippen LogP contribution in [0.15, 0.2) is 48.3 Å². The van der Waals surface area contributed by atoms with E-state index in [2.05, 4.69) is 11.9 Å². The van der Waals surface area contributed by atoms with Gasteiger partial charge in [-0.1, -0.05) is 66.9 Å². The molecule has 4 nitrogen and oxygen atoms in total. The molecule has 26 heavy (non-hydrogen) atoms. The molecule has 0 aliphatic rings. The molecule has 0 aliphatic carbocycles. The van der Waals surface area contributed by atoms with Crippen LogP contribution in [-0.4, -0.2) is 22.8 Å². The van der Waals surface area contributed by atoms with Crippen molar-refractivity contribution < 1.29 is 4.79 Å². The number of benzene rings is 1. The summed E-state index contributed by atoms with van der Waals surface area (Å²) in [6, 6.07) is 11.6. The standard InChI is InChI=1S/C20H19Cl2N3O/c1-3-7-19(14-8-5-4-6-9-14)25(2)20(26)15(11-23)10-16-17(21)12-24-13-18(16)22/h4-6,8-10,12-13,19H,3,7H2,1-2H3/b15-10+. The molecule has 1 atom stereocenters. The number of rotatable bonds is 6. The van der Waals surface area contributed by atoms with Crippen LogP contribution in [0.4, 0.5) is 0 Å². The lowest BCUT2D eigenvalue weighted by Crippen LogP contribution is -2.32. The summed E-state index contributed by atoms with van der Waals surface area (Å²) in [5, 5.41) is 10.1. The molecule has 0 bridgehead atoms. The first-order valence-electron chi connectivity index (χ1n) is 8.22. The van der Waals surface area contributed by atoms with E-state index in [-0.39, 0.29) is 27.6 Å². The molecule has 0 spiro atoms. The number of pyridine rings is 1. The largest absolute Gasteiger partial charge is 0.334 e.